The van der Waals surface area contributed by atoms with Crippen LogP contribution in [0.1, 0.15) is 106 Å². The second kappa shape index (κ2) is 21.3. The summed E-state index contributed by atoms with van der Waals surface area (Å²) < 4.78 is 11.9. The number of ether oxygens (including phenoxy) is 2. The van der Waals surface area contributed by atoms with Crippen LogP contribution in [0.2, 0.25) is 0 Å². The van der Waals surface area contributed by atoms with Crippen LogP contribution in [-0.4, -0.2) is 134 Å². The van der Waals surface area contributed by atoms with Gasteiger partial charge in [0.05, 0.1) is 48.8 Å². The molecular weight excluding hydrogens is 638 g/mol. The minimum absolute atomic E-state index is 0.0139. The Morgan fingerprint density at radius 2 is 1.54 bits per heavy atom. The summed E-state index contributed by atoms with van der Waals surface area (Å²) in [6.45, 7) is 12.5. The van der Waals surface area contributed by atoms with Crippen molar-refractivity contribution in [2.75, 3.05) is 48.5 Å². The monoisotopic (exact) mass is 710 g/mol. The fourth-order valence-corrected chi connectivity index (χ4v) is 8.32. The minimum atomic E-state index is -1.17. The first-order valence-electron chi connectivity index (χ1n) is 19.1. The average molecular weight is 710 g/mol. The Hall–Kier alpha value is -2.28. The van der Waals surface area contributed by atoms with E-state index in [0.29, 0.717) is 25.4 Å². The van der Waals surface area contributed by atoms with Gasteiger partial charge in [0.2, 0.25) is 23.6 Å². The Morgan fingerprint density at radius 1 is 0.900 bits per heavy atom. The van der Waals surface area contributed by atoms with Crippen molar-refractivity contribution in [2.24, 2.45) is 23.7 Å². The third-order valence-corrected chi connectivity index (χ3v) is 11.3. The zero-order valence-corrected chi connectivity index (χ0v) is 33.1. The highest BCUT2D eigenvalue weighted by molar-refractivity contribution is 5.90. The molecule has 1 aliphatic carbocycles. The number of amides is 4. The minimum Gasteiger partial charge on any atom is -0.391 e. The normalized spacial score (nSPS) is 22.0. The van der Waals surface area contributed by atoms with Crippen LogP contribution in [0.3, 0.4) is 0 Å². The maximum absolute atomic E-state index is 14.1. The van der Waals surface area contributed by atoms with E-state index in [-0.39, 0.29) is 42.0 Å². The molecule has 0 unspecified atom stereocenters. The molecular formula is C38H71N5O7. The molecule has 12 heteroatoms. The van der Waals surface area contributed by atoms with Crippen molar-refractivity contribution in [3.8, 4) is 0 Å². The van der Waals surface area contributed by atoms with Crippen molar-refractivity contribution in [1.82, 2.24) is 25.3 Å². The Bertz CT molecular complexity index is 1060. The number of likely N-dealkylation sites (tertiary alicyclic amines) is 1. The second-order valence-electron chi connectivity index (χ2n) is 15.6. The van der Waals surface area contributed by atoms with Crippen molar-refractivity contribution in [2.45, 2.75) is 148 Å². The zero-order valence-electron chi connectivity index (χ0n) is 33.1. The van der Waals surface area contributed by atoms with Crippen LogP contribution in [-0.2, 0) is 28.7 Å². The highest BCUT2D eigenvalue weighted by Crippen LogP contribution is 2.30. The first kappa shape index (κ1) is 43.9. The van der Waals surface area contributed by atoms with E-state index in [1.54, 1.807) is 26.2 Å². The smallest absolute Gasteiger partial charge is 0.247 e. The fourth-order valence-electron chi connectivity index (χ4n) is 8.32. The fraction of sp³-hybridized carbons (Fsp3) is 0.895. The van der Waals surface area contributed by atoms with Crippen LogP contribution in [0.25, 0.3) is 0 Å². The standard InChI is InChI=1S/C38H71N5O7/c1-12-25(4)34(42(9)38(48)32(27(6)44)40-37(47)33(24(2)3)41(7)8)30(49-10)23-31(45)43-22-16-19-29(43)35(50-11)26(5)36(46)39-21-20-28-17-14-13-15-18-28/h24-30,32-35,44H,12-23H2,1-11H3,(H,39,46)(H,40,47)/t25-,26+,27+,29-,30+,32-,33-,34-,35+/m0/s1. The number of carbonyl (C=O) groups excluding carboxylic acids is 4. The molecule has 290 valence electrons. The van der Waals surface area contributed by atoms with Crippen LogP contribution in [0.5, 0.6) is 0 Å². The summed E-state index contributed by atoms with van der Waals surface area (Å²) in [7, 11) is 8.42. The summed E-state index contributed by atoms with van der Waals surface area (Å²) in [5.74, 6) is -0.784. The van der Waals surface area contributed by atoms with Gasteiger partial charge in [0, 0.05) is 34.4 Å². The summed E-state index contributed by atoms with van der Waals surface area (Å²) in [6, 6.07) is -2.42. The number of methoxy groups -OCH3 is 2. The molecule has 12 nitrogen and oxygen atoms in total. The van der Waals surface area contributed by atoms with E-state index < -0.39 is 48.3 Å². The molecule has 0 radical (unpaired) electrons. The molecule has 1 heterocycles. The van der Waals surface area contributed by atoms with Gasteiger partial charge in [0.15, 0.2) is 0 Å². The van der Waals surface area contributed by atoms with Crippen molar-refractivity contribution >= 4 is 23.6 Å². The predicted molar refractivity (Wildman–Crippen MR) is 196 cm³/mol. The van der Waals surface area contributed by atoms with Crippen LogP contribution in [0, 0.1) is 23.7 Å². The van der Waals surface area contributed by atoms with Gasteiger partial charge in [-0.2, -0.15) is 0 Å². The van der Waals surface area contributed by atoms with Gasteiger partial charge in [-0.3, -0.25) is 24.1 Å². The first-order chi connectivity index (χ1) is 23.6. The van der Waals surface area contributed by atoms with E-state index in [2.05, 4.69) is 10.6 Å². The SMILES string of the molecule is CC[C@H](C)[C@@H]([C@@H](CC(=O)N1CCC[C@H]1[C@H](OC)[C@@H](C)C(=O)NCCC1CCCCC1)OC)N(C)C(=O)[C@@H](NC(=O)[C@H](C(C)C)N(C)C)[C@@H](C)O. The Labute approximate surface area is 302 Å². The molecule has 2 aliphatic rings. The molecule has 1 saturated heterocycles. The molecule has 0 aromatic rings. The highest BCUT2D eigenvalue weighted by atomic mass is 16.5. The number of nitrogens with one attached hydrogen (secondary N) is 2. The molecule has 0 aromatic heterocycles. The van der Waals surface area contributed by atoms with Gasteiger partial charge >= 0.3 is 0 Å². The number of rotatable bonds is 20. The average Bonchev–Trinajstić information content (AvgIpc) is 3.56. The molecule has 0 spiro atoms. The van der Waals surface area contributed by atoms with Crippen LogP contribution >= 0.6 is 0 Å². The largest absolute Gasteiger partial charge is 0.391 e. The topological polar surface area (TPSA) is 141 Å². The summed E-state index contributed by atoms with van der Waals surface area (Å²) in [5, 5.41) is 16.6. The second-order valence-corrected chi connectivity index (χ2v) is 15.6. The molecule has 2 fully saturated rings. The third-order valence-electron chi connectivity index (χ3n) is 11.3. The highest BCUT2D eigenvalue weighted by Gasteiger charge is 2.43. The molecule has 50 heavy (non-hydrogen) atoms. The lowest BCUT2D eigenvalue weighted by Gasteiger charge is -2.41. The molecule has 0 bridgehead atoms. The molecule has 0 aromatic carbocycles. The lowest BCUT2D eigenvalue weighted by Crippen LogP contribution is -2.61. The lowest BCUT2D eigenvalue weighted by molar-refractivity contribution is -0.149. The zero-order chi connectivity index (χ0) is 37.7. The number of hydrogen-bond donors (Lipinski definition) is 3. The van der Waals surface area contributed by atoms with E-state index in [1.165, 1.54) is 43.9 Å². The van der Waals surface area contributed by atoms with E-state index in [1.807, 2.05) is 53.6 Å². The third kappa shape index (κ3) is 11.9. The first-order valence-corrected chi connectivity index (χ1v) is 19.1. The summed E-state index contributed by atoms with van der Waals surface area (Å²) in [6.07, 6.45) is 7.35. The number of likely N-dealkylation sites (N-methyl/N-ethyl adjacent to an activating group) is 2. The number of aliphatic hydroxyl groups excluding tert-OH is 1. The predicted octanol–water partition coefficient (Wildman–Crippen LogP) is 3.45. The summed E-state index contributed by atoms with van der Waals surface area (Å²) >= 11 is 0. The van der Waals surface area contributed by atoms with Gasteiger partial charge < -0.3 is 35.0 Å². The molecule has 9 atom stereocenters. The van der Waals surface area contributed by atoms with E-state index in [0.717, 1.165) is 19.3 Å². The van der Waals surface area contributed by atoms with Crippen molar-refractivity contribution in [3.05, 3.63) is 0 Å². The summed E-state index contributed by atoms with van der Waals surface area (Å²) in [4.78, 5) is 59.8. The van der Waals surface area contributed by atoms with Gasteiger partial charge in [0.25, 0.3) is 0 Å². The van der Waals surface area contributed by atoms with Gasteiger partial charge in [-0.05, 0) is 58.0 Å². The van der Waals surface area contributed by atoms with Crippen molar-refractivity contribution in [1.29, 1.82) is 0 Å². The Balaban J connectivity index is 2.19. The lowest BCUT2D eigenvalue weighted by atomic mass is 9.87. The summed E-state index contributed by atoms with van der Waals surface area (Å²) in [5.41, 5.74) is 0. The molecule has 1 saturated carbocycles. The molecule has 2 rings (SSSR count). The van der Waals surface area contributed by atoms with Crippen molar-refractivity contribution < 1.29 is 33.8 Å². The molecule has 3 N–H and O–H groups in total. The number of nitrogens with zero attached hydrogens (tertiary/aromatic N) is 3. The van der Waals surface area contributed by atoms with Crippen LogP contribution in [0.15, 0.2) is 0 Å². The van der Waals surface area contributed by atoms with Crippen LogP contribution in [0.4, 0.5) is 0 Å². The van der Waals surface area contributed by atoms with Gasteiger partial charge in [-0.15, -0.1) is 0 Å². The Kier molecular flexibility index (Phi) is 18.7. The maximum atomic E-state index is 14.1. The maximum Gasteiger partial charge on any atom is 0.247 e. The molecule has 1 aliphatic heterocycles. The Morgan fingerprint density at radius 3 is 2.06 bits per heavy atom. The van der Waals surface area contributed by atoms with Crippen LogP contribution < -0.4 is 10.6 Å². The van der Waals surface area contributed by atoms with E-state index in [9.17, 15) is 24.3 Å². The van der Waals surface area contributed by atoms with Gasteiger partial charge in [-0.1, -0.05) is 73.1 Å². The van der Waals surface area contributed by atoms with E-state index >= 15 is 0 Å². The quantitative estimate of drug-likeness (QED) is 0.175. The molecule has 4 amide bonds. The van der Waals surface area contributed by atoms with Crippen molar-refractivity contribution in [3.63, 3.8) is 0 Å². The van der Waals surface area contributed by atoms with E-state index in [4.69, 9.17) is 9.47 Å². The number of hydrogen-bond acceptors (Lipinski definition) is 8. The number of aliphatic hydroxyl groups is 1. The van der Waals surface area contributed by atoms with Gasteiger partial charge in [-0.25, -0.2) is 0 Å². The van der Waals surface area contributed by atoms with Gasteiger partial charge in [0.1, 0.15) is 6.04 Å². The number of carbonyl (C=O) groups is 4.